The molecule has 44 valence electrons. The highest BCUT2D eigenvalue weighted by atomic mass is 19.1. The molecule has 3 nitrogen and oxygen atoms in total. The molecule has 0 saturated heterocycles. The molecule has 4 heteroatoms. The molecule has 8 heavy (non-hydrogen) atoms. The smallest absolute Gasteiger partial charge is 0.288 e. The Morgan fingerprint density at radius 2 is 2.38 bits per heavy atom. The van der Waals surface area contributed by atoms with Crippen molar-refractivity contribution in [2.24, 2.45) is 0 Å². The zero-order valence-electron chi connectivity index (χ0n) is 4.18. The van der Waals surface area contributed by atoms with Crippen molar-refractivity contribution in [3.05, 3.63) is 11.6 Å². The van der Waals surface area contributed by atoms with E-state index in [4.69, 9.17) is 5.11 Å². The van der Waals surface area contributed by atoms with Crippen LogP contribution in [0.5, 0.6) is 5.88 Å². The lowest BCUT2D eigenvalue weighted by Gasteiger charge is -1.74. The number of aryl methyl sites for hydroxylation is 1. The van der Waals surface area contributed by atoms with Crippen molar-refractivity contribution in [2.75, 3.05) is 0 Å². The van der Waals surface area contributed by atoms with Crippen LogP contribution in [-0.4, -0.2) is 10.3 Å². The average molecular weight is 117 g/mol. The van der Waals surface area contributed by atoms with Crippen LogP contribution in [0.1, 0.15) is 5.76 Å². The Kier molecular flexibility index (Phi) is 0.932. The highest BCUT2D eigenvalue weighted by molar-refractivity contribution is 5.10. The maximum absolute atomic E-state index is 12.1. The Bertz CT molecular complexity index is 176. The van der Waals surface area contributed by atoms with Crippen LogP contribution in [0.15, 0.2) is 4.52 Å². The topological polar surface area (TPSA) is 46.3 Å². The second kappa shape index (κ2) is 1.47. The Labute approximate surface area is 44.7 Å². The summed E-state index contributed by atoms with van der Waals surface area (Å²) in [7, 11) is 0. The van der Waals surface area contributed by atoms with Crippen LogP contribution in [0.2, 0.25) is 0 Å². The van der Waals surface area contributed by atoms with Crippen molar-refractivity contribution < 1.29 is 14.0 Å². The van der Waals surface area contributed by atoms with Crippen molar-refractivity contribution in [3.8, 4) is 5.88 Å². The molecule has 0 radical (unpaired) electrons. The minimum atomic E-state index is -0.787. The third-order valence-corrected chi connectivity index (χ3v) is 0.774. The fourth-order valence-electron chi connectivity index (χ4n) is 0.349. The molecule has 0 aliphatic carbocycles. The van der Waals surface area contributed by atoms with E-state index in [9.17, 15) is 4.39 Å². The minimum absolute atomic E-state index is 0.00231. The normalized spacial score (nSPS) is 9.75. The summed E-state index contributed by atoms with van der Waals surface area (Å²) in [4.78, 5) is 0. The van der Waals surface area contributed by atoms with E-state index in [0.717, 1.165) is 0 Å². The summed E-state index contributed by atoms with van der Waals surface area (Å²) in [5, 5.41) is 11.3. The highest BCUT2D eigenvalue weighted by Crippen LogP contribution is 2.14. The van der Waals surface area contributed by atoms with Gasteiger partial charge in [-0.3, -0.25) is 0 Å². The lowest BCUT2D eigenvalue weighted by molar-refractivity contribution is 0.348. The molecule has 1 N–H and O–H groups in total. The van der Waals surface area contributed by atoms with Gasteiger partial charge in [0.25, 0.3) is 5.88 Å². The number of rotatable bonds is 0. The fraction of sp³-hybridized carbons (Fsp3) is 0.250. The van der Waals surface area contributed by atoms with E-state index in [-0.39, 0.29) is 5.76 Å². The van der Waals surface area contributed by atoms with Crippen molar-refractivity contribution in [3.63, 3.8) is 0 Å². The van der Waals surface area contributed by atoms with E-state index in [1.54, 1.807) is 0 Å². The predicted octanol–water partition coefficient (Wildman–Crippen LogP) is 0.828. The summed E-state index contributed by atoms with van der Waals surface area (Å²) in [5.41, 5.74) is 0. The standard InChI is InChI=1S/C4H4FNO2/c1-2-3(5)4(7)6-8-2/h1H3,(H,6,7). The van der Waals surface area contributed by atoms with Crippen LogP contribution in [0, 0.1) is 12.7 Å². The molecule has 1 heterocycles. The second-order valence-corrected chi connectivity index (χ2v) is 1.38. The molecule has 0 saturated carbocycles. The molecular weight excluding hydrogens is 113 g/mol. The molecular formula is C4H4FNO2. The lowest BCUT2D eigenvalue weighted by Crippen LogP contribution is -1.69. The molecule has 0 aliphatic rings. The van der Waals surface area contributed by atoms with Crippen LogP contribution in [0.4, 0.5) is 4.39 Å². The molecule has 1 aromatic rings. The van der Waals surface area contributed by atoms with Gasteiger partial charge < -0.3 is 9.63 Å². The van der Waals surface area contributed by atoms with Crippen LogP contribution in [-0.2, 0) is 0 Å². The van der Waals surface area contributed by atoms with Crippen molar-refractivity contribution in [2.45, 2.75) is 6.92 Å². The molecule has 0 bridgehead atoms. The lowest BCUT2D eigenvalue weighted by atomic mass is 10.5. The zero-order valence-corrected chi connectivity index (χ0v) is 4.18. The maximum atomic E-state index is 12.1. The van der Waals surface area contributed by atoms with Crippen LogP contribution >= 0.6 is 0 Å². The van der Waals surface area contributed by atoms with Gasteiger partial charge in [-0.15, -0.1) is 0 Å². The minimum Gasteiger partial charge on any atom is -0.489 e. The summed E-state index contributed by atoms with van der Waals surface area (Å²) in [6.45, 7) is 1.38. The summed E-state index contributed by atoms with van der Waals surface area (Å²) in [5.74, 6) is -1.46. The van der Waals surface area contributed by atoms with Gasteiger partial charge in [0.2, 0.25) is 5.82 Å². The number of hydrogen-bond acceptors (Lipinski definition) is 3. The zero-order chi connectivity index (χ0) is 6.15. The first-order chi connectivity index (χ1) is 3.72. The van der Waals surface area contributed by atoms with Gasteiger partial charge in [0.15, 0.2) is 5.76 Å². The van der Waals surface area contributed by atoms with E-state index in [1.807, 2.05) is 0 Å². The molecule has 1 aromatic heterocycles. The first-order valence-electron chi connectivity index (χ1n) is 2.02. The molecule has 1 rings (SSSR count). The summed E-state index contributed by atoms with van der Waals surface area (Å²) >= 11 is 0. The second-order valence-electron chi connectivity index (χ2n) is 1.38. The summed E-state index contributed by atoms with van der Waals surface area (Å²) in [6.07, 6.45) is 0. The third kappa shape index (κ3) is 0.538. The Balaban J connectivity index is 3.19. The number of hydrogen-bond donors (Lipinski definition) is 1. The molecule has 0 unspecified atom stereocenters. The highest BCUT2D eigenvalue weighted by Gasteiger charge is 2.08. The van der Waals surface area contributed by atoms with Gasteiger partial charge in [0, 0.05) is 0 Å². The fourth-order valence-corrected chi connectivity index (χ4v) is 0.349. The van der Waals surface area contributed by atoms with E-state index < -0.39 is 11.7 Å². The monoisotopic (exact) mass is 117 g/mol. The van der Waals surface area contributed by atoms with Gasteiger partial charge >= 0.3 is 0 Å². The van der Waals surface area contributed by atoms with Gasteiger partial charge in [-0.05, 0) is 12.1 Å². The molecule has 0 aliphatic heterocycles. The molecule has 0 amide bonds. The van der Waals surface area contributed by atoms with E-state index >= 15 is 0 Å². The number of halogens is 1. The Morgan fingerprint density at radius 1 is 1.75 bits per heavy atom. The van der Waals surface area contributed by atoms with E-state index in [0.29, 0.717) is 0 Å². The number of aromatic hydroxyl groups is 1. The summed E-state index contributed by atoms with van der Waals surface area (Å²) in [6, 6.07) is 0. The predicted molar refractivity (Wildman–Crippen MR) is 22.9 cm³/mol. The van der Waals surface area contributed by atoms with Crippen molar-refractivity contribution in [1.82, 2.24) is 5.16 Å². The van der Waals surface area contributed by atoms with Crippen molar-refractivity contribution in [1.29, 1.82) is 0 Å². The maximum Gasteiger partial charge on any atom is 0.288 e. The van der Waals surface area contributed by atoms with E-state index in [1.165, 1.54) is 6.92 Å². The number of nitrogens with zero attached hydrogens (tertiary/aromatic N) is 1. The molecule has 0 atom stereocenters. The van der Waals surface area contributed by atoms with Crippen LogP contribution < -0.4 is 0 Å². The van der Waals surface area contributed by atoms with Crippen LogP contribution in [0.25, 0.3) is 0 Å². The van der Waals surface area contributed by atoms with E-state index in [2.05, 4.69) is 9.68 Å². The van der Waals surface area contributed by atoms with Gasteiger partial charge in [-0.1, -0.05) is 0 Å². The SMILES string of the molecule is Cc1onc(O)c1F. The molecule has 0 fully saturated rings. The third-order valence-electron chi connectivity index (χ3n) is 0.774. The van der Waals surface area contributed by atoms with Crippen molar-refractivity contribution >= 4 is 0 Å². The summed E-state index contributed by atoms with van der Waals surface area (Å²) < 4.78 is 16.3. The number of aromatic nitrogens is 1. The van der Waals surface area contributed by atoms with Gasteiger partial charge in [-0.25, -0.2) is 0 Å². The van der Waals surface area contributed by atoms with Crippen LogP contribution in [0.3, 0.4) is 0 Å². The van der Waals surface area contributed by atoms with Gasteiger partial charge in [0.1, 0.15) is 0 Å². The average Bonchev–Trinajstić information content (AvgIpc) is 1.98. The first kappa shape index (κ1) is 5.08. The molecule has 0 spiro atoms. The Morgan fingerprint density at radius 3 is 2.50 bits per heavy atom. The largest absolute Gasteiger partial charge is 0.489 e. The molecule has 0 aromatic carbocycles. The van der Waals surface area contributed by atoms with Gasteiger partial charge in [0.05, 0.1) is 0 Å². The Hall–Kier alpha value is -1.06. The first-order valence-corrected chi connectivity index (χ1v) is 2.02. The van der Waals surface area contributed by atoms with Gasteiger partial charge in [-0.2, -0.15) is 4.39 Å². The quantitative estimate of drug-likeness (QED) is 0.547.